The summed E-state index contributed by atoms with van der Waals surface area (Å²) in [6.07, 6.45) is 0. The molecule has 2 amide bonds. The number of nitrogens with one attached hydrogen (secondary N) is 1. The van der Waals surface area contributed by atoms with Crippen molar-refractivity contribution in [1.29, 1.82) is 0 Å². The summed E-state index contributed by atoms with van der Waals surface area (Å²) in [6.45, 7) is 11.6. The van der Waals surface area contributed by atoms with Crippen LogP contribution in [0.1, 0.15) is 45.0 Å². The molecule has 0 saturated carbocycles. The van der Waals surface area contributed by atoms with E-state index in [2.05, 4.69) is 5.32 Å². The molecule has 0 aromatic heterocycles. The van der Waals surface area contributed by atoms with E-state index in [1.165, 1.54) is 0 Å². The lowest BCUT2D eigenvalue weighted by Gasteiger charge is -2.31. The Labute approximate surface area is 194 Å². The third-order valence-electron chi connectivity index (χ3n) is 4.88. The molecular weight excluding hydrogens is 424 g/mol. The van der Waals surface area contributed by atoms with Crippen molar-refractivity contribution >= 4 is 23.2 Å². The van der Waals surface area contributed by atoms with Gasteiger partial charge in [-0.2, -0.15) is 0 Å². The molecule has 0 fully saturated rings. The van der Waals surface area contributed by atoms with Gasteiger partial charge in [0.1, 0.15) is 5.75 Å². The van der Waals surface area contributed by atoms with Crippen LogP contribution in [0.3, 0.4) is 0 Å². The minimum atomic E-state index is -0.335. The lowest BCUT2D eigenvalue weighted by molar-refractivity contribution is -0.121. The Morgan fingerprint density at radius 1 is 1.03 bits per heavy atom. The first-order chi connectivity index (χ1) is 15.9. The van der Waals surface area contributed by atoms with Crippen LogP contribution in [-0.4, -0.2) is 44.8 Å². The third kappa shape index (κ3) is 5.69. The van der Waals surface area contributed by atoms with E-state index >= 15 is 0 Å². The molecule has 0 spiro atoms. The van der Waals surface area contributed by atoms with Gasteiger partial charge in [-0.3, -0.25) is 9.59 Å². The molecule has 8 nitrogen and oxygen atoms in total. The van der Waals surface area contributed by atoms with Crippen LogP contribution in [0.5, 0.6) is 23.0 Å². The zero-order chi connectivity index (χ0) is 24.0. The molecule has 1 aliphatic heterocycles. The molecule has 0 bridgehead atoms. The summed E-state index contributed by atoms with van der Waals surface area (Å²) in [4.78, 5) is 27.2. The minimum Gasteiger partial charge on any atom is -0.490 e. The molecule has 3 rings (SSSR count). The Balaban J connectivity index is 1.91. The summed E-state index contributed by atoms with van der Waals surface area (Å²) in [5.41, 5.74) is 1.57. The Kier molecular flexibility index (Phi) is 8.03. The van der Waals surface area contributed by atoms with Crippen molar-refractivity contribution in [1.82, 2.24) is 0 Å². The molecule has 0 atom stereocenters. The van der Waals surface area contributed by atoms with Crippen LogP contribution < -0.4 is 29.2 Å². The fourth-order valence-corrected chi connectivity index (χ4v) is 3.57. The number of anilines is 2. The predicted octanol–water partition coefficient (Wildman–Crippen LogP) is 4.52. The lowest BCUT2D eigenvalue weighted by atomic mass is 10.1. The molecule has 178 valence electrons. The minimum absolute atomic E-state index is 0.0119. The van der Waals surface area contributed by atoms with Gasteiger partial charge < -0.3 is 29.2 Å². The zero-order valence-corrected chi connectivity index (χ0v) is 19.9. The van der Waals surface area contributed by atoms with Gasteiger partial charge in [-0.25, -0.2) is 0 Å². The number of nitrogens with zero attached hydrogens (tertiary/aromatic N) is 1. The first kappa shape index (κ1) is 24.2. The third-order valence-corrected chi connectivity index (χ3v) is 4.88. The number of ether oxygens (including phenoxy) is 4. The molecule has 0 unspecified atom stereocenters. The maximum Gasteiger partial charge on any atom is 0.265 e. The molecule has 0 aliphatic carbocycles. The van der Waals surface area contributed by atoms with Crippen molar-refractivity contribution in [3.05, 3.63) is 35.9 Å². The smallest absolute Gasteiger partial charge is 0.265 e. The SMILES string of the molecule is CCOc1cc(C(=O)Nc2ccc3c(c2)N(CC(C)C)C(=O)CO3)cc(OCC)c1OCC. The number of hydrogen-bond acceptors (Lipinski definition) is 6. The number of benzene rings is 2. The summed E-state index contributed by atoms with van der Waals surface area (Å²) >= 11 is 0. The van der Waals surface area contributed by atoms with Crippen LogP contribution in [0.4, 0.5) is 11.4 Å². The van der Waals surface area contributed by atoms with Gasteiger partial charge in [0.15, 0.2) is 18.1 Å². The van der Waals surface area contributed by atoms with Crippen LogP contribution in [0.2, 0.25) is 0 Å². The van der Waals surface area contributed by atoms with Crippen molar-refractivity contribution in [2.45, 2.75) is 34.6 Å². The molecule has 0 saturated heterocycles. The van der Waals surface area contributed by atoms with Gasteiger partial charge in [0, 0.05) is 17.8 Å². The second-order valence-electron chi connectivity index (χ2n) is 7.92. The Morgan fingerprint density at radius 3 is 2.24 bits per heavy atom. The fraction of sp³-hybridized carbons (Fsp3) is 0.440. The highest BCUT2D eigenvalue weighted by Gasteiger charge is 2.27. The highest BCUT2D eigenvalue weighted by atomic mass is 16.5. The Bertz CT molecular complexity index is 977. The van der Waals surface area contributed by atoms with Crippen molar-refractivity contribution in [2.75, 3.05) is 43.2 Å². The van der Waals surface area contributed by atoms with Gasteiger partial charge in [0.2, 0.25) is 5.75 Å². The quantitative estimate of drug-likeness (QED) is 0.566. The van der Waals surface area contributed by atoms with E-state index in [4.69, 9.17) is 18.9 Å². The standard InChI is InChI=1S/C25H32N2O6/c1-6-30-21-11-17(12-22(31-7-2)24(21)32-8-3)25(29)26-18-9-10-20-19(13-18)27(14-16(4)5)23(28)15-33-20/h9-13,16H,6-8,14-15H2,1-5H3,(H,26,29). The summed E-state index contributed by atoms with van der Waals surface area (Å²) in [6, 6.07) is 8.56. The average molecular weight is 457 g/mol. The first-order valence-electron chi connectivity index (χ1n) is 11.3. The van der Waals surface area contributed by atoms with Gasteiger partial charge in [0.05, 0.1) is 25.5 Å². The molecule has 1 aliphatic rings. The van der Waals surface area contributed by atoms with E-state index in [0.29, 0.717) is 66.3 Å². The number of hydrogen-bond donors (Lipinski definition) is 1. The zero-order valence-electron chi connectivity index (χ0n) is 19.9. The monoisotopic (exact) mass is 456 g/mol. The average Bonchev–Trinajstić information content (AvgIpc) is 2.78. The topological polar surface area (TPSA) is 86.3 Å². The molecule has 1 heterocycles. The summed E-state index contributed by atoms with van der Waals surface area (Å²) < 4.78 is 22.7. The van der Waals surface area contributed by atoms with E-state index in [9.17, 15) is 9.59 Å². The fourth-order valence-electron chi connectivity index (χ4n) is 3.57. The molecule has 8 heteroatoms. The lowest BCUT2D eigenvalue weighted by Crippen LogP contribution is -2.41. The van der Waals surface area contributed by atoms with Crippen LogP contribution in [0.15, 0.2) is 30.3 Å². The summed E-state index contributed by atoms with van der Waals surface area (Å²) in [7, 11) is 0. The van der Waals surface area contributed by atoms with Crippen molar-refractivity contribution in [3.8, 4) is 23.0 Å². The van der Waals surface area contributed by atoms with Gasteiger partial charge >= 0.3 is 0 Å². The maximum atomic E-state index is 13.1. The van der Waals surface area contributed by atoms with Crippen LogP contribution in [-0.2, 0) is 4.79 Å². The molecular formula is C25H32N2O6. The normalized spacial score (nSPS) is 12.8. The van der Waals surface area contributed by atoms with Crippen LogP contribution in [0.25, 0.3) is 0 Å². The molecule has 2 aromatic carbocycles. The molecule has 2 aromatic rings. The maximum absolute atomic E-state index is 13.1. The Hall–Kier alpha value is -3.42. The summed E-state index contributed by atoms with van der Waals surface area (Å²) in [5, 5.41) is 2.90. The van der Waals surface area contributed by atoms with E-state index < -0.39 is 0 Å². The van der Waals surface area contributed by atoms with Crippen LogP contribution in [0, 0.1) is 5.92 Å². The number of rotatable bonds is 10. The van der Waals surface area contributed by atoms with E-state index in [1.54, 1.807) is 35.2 Å². The van der Waals surface area contributed by atoms with Gasteiger partial charge in [-0.15, -0.1) is 0 Å². The van der Waals surface area contributed by atoms with Crippen LogP contribution >= 0.6 is 0 Å². The number of carbonyl (C=O) groups is 2. The number of fused-ring (bicyclic) bond motifs is 1. The second kappa shape index (κ2) is 10.9. The number of carbonyl (C=O) groups excluding carboxylic acids is 2. The highest BCUT2D eigenvalue weighted by Crippen LogP contribution is 2.40. The number of amides is 2. The van der Waals surface area contributed by atoms with E-state index in [1.807, 2.05) is 34.6 Å². The molecule has 0 radical (unpaired) electrons. The first-order valence-corrected chi connectivity index (χ1v) is 11.3. The van der Waals surface area contributed by atoms with E-state index in [0.717, 1.165) is 0 Å². The van der Waals surface area contributed by atoms with Crippen molar-refractivity contribution in [3.63, 3.8) is 0 Å². The summed E-state index contributed by atoms with van der Waals surface area (Å²) in [5.74, 6) is 1.84. The van der Waals surface area contributed by atoms with Crippen molar-refractivity contribution in [2.24, 2.45) is 5.92 Å². The Morgan fingerprint density at radius 2 is 1.67 bits per heavy atom. The highest BCUT2D eigenvalue weighted by molar-refractivity contribution is 6.06. The van der Waals surface area contributed by atoms with Crippen molar-refractivity contribution < 1.29 is 28.5 Å². The molecule has 33 heavy (non-hydrogen) atoms. The van der Waals surface area contributed by atoms with E-state index in [-0.39, 0.29) is 24.3 Å². The predicted molar refractivity (Wildman–Crippen MR) is 127 cm³/mol. The molecule has 1 N–H and O–H groups in total. The van der Waals surface area contributed by atoms with Gasteiger partial charge in [0.25, 0.3) is 11.8 Å². The van der Waals surface area contributed by atoms with Gasteiger partial charge in [-0.05, 0) is 57.0 Å². The second-order valence-corrected chi connectivity index (χ2v) is 7.92. The van der Waals surface area contributed by atoms with Gasteiger partial charge in [-0.1, -0.05) is 13.8 Å². The largest absolute Gasteiger partial charge is 0.490 e.